The van der Waals surface area contributed by atoms with E-state index in [9.17, 15) is 4.79 Å². The van der Waals surface area contributed by atoms with Crippen molar-refractivity contribution in [1.82, 2.24) is 5.32 Å². The van der Waals surface area contributed by atoms with Crippen molar-refractivity contribution in [2.24, 2.45) is 0 Å². The summed E-state index contributed by atoms with van der Waals surface area (Å²) in [6, 6.07) is 14.0. The quantitative estimate of drug-likeness (QED) is 0.840. The Balaban J connectivity index is 2.04. The Morgan fingerprint density at radius 3 is 2.25 bits per heavy atom. The van der Waals surface area contributed by atoms with Gasteiger partial charge in [-0.3, -0.25) is 4.79 Å². The molecule has 2 aromatic carbocycles. The molecule has 128 valence electrons. The third kappa shape index (κ3) is 4.60. The maximum atomic E-state index is 12.6. The van der Waals surface area contributed by atoms with Crippen molar-refractivity contribution in [3.8, 4) is 5.75 Å². The van der Waals surface area contributed by atoms with E-state index in [1.165, 1.54) is 16.7 Å². The van der Waals surface area contributed by atoms with Gasteiger partial charge in [-0.2, -0.15) is 0 Å². The van der Waals surface area contributed by atoms with Gasteiger partial charge in [-0.1, -0.05) is 48.4 Å². The van der Waals surface area contributed by atoms with Crippen molar-refractivity contribution in [3.05, 3.63) is 64.7 Å². The Bertz CT molecular complexity index is 691. The van der Waals surface area contributed by atoms with E-state index in [0.29, 0.717) is 6.42 Å². The molecule has 0 saturated carbocycles. The zero-order chi connectivity index (χ0) is 17.7. The molecule has 2 atom stereocenters. The minimum atomic E-state index is -0.485. The minimum absolute atomic E-state index is 0.0474. The zero-order valence-corrected chi connectivity index (χ0v) is 15.2. The van der Waals surface area contributed by atoms with Crippen LogP contribution in [0.5, 0.6) is 5.75 Å². The van der Waals surface area contributed by atoms with Gasteiger partial charge in [0.2, 0.25) is 0 Å². The Morgan fingerprint density at radius 2 is 1.67 bits per heavy atom. The fourth-order valence-corrected chi connectivity index (χ4v) is 2.80. The highest BCUT2D eigenvalue weighted by Crippen LogP contribution is 2.20. The number of benzene rings is 2. The van der Waals surface area contributed by atoms with Crippen molar-refractivity contribution >= 4 is 5.91 Å². The molecule has 0 fully saturated rings. The summed E-state index contributed by atoms with van der Waals surface area (Å²) < 4.78 is 5.85. The number of aryl methyl sites for hydroxylation is 3. The molecular weight excluding hydrogens is 298 g/mol. The van der Waals surface area contributed by atoms with Crippen LogP contribution < -0.4 is 10.1 Å². The molecule has 0 aliphatic heterocycles. The molecule has 0 spiro atoms. The monoisotopic (exact) mass is 325 g/mol. The Kier molecular flexibility index (Phi) is 6.02. The van der Waals surface area contributed by atoms with E-state index < -0.39 is 6.10 Å². The van der Waals surface area contributed by atoms with Gasteiger partial charge < -0.3 is 10.1 Å². The SMILES string of the molecule is CC[C@@H](Oc1ccc(C)cc1)C(=O)N[C@@H](C)c1ccc(C)cc1C. The normalized spacial score (nSPS) is 13.2. The van der Waals surface area contributed by atoms with E-state index in [4.69, 9.17) is 4.74 Å². The first kappa shape index (κ1) is 18.1. The van der Waals surface area contributed by atoms with Gasteiger partial charge in [-0.25, -0.2) is 0 Å². The van der Waals surface area contributed by atoms with Crippen LogP contribution in [0, 0.1) is 20.8 Å². The van der Waals surface area contributed by atoms with E-state index in [-0.39, 0.29) is 11.9 Å². The number of hydrogen-bond acceptors (Lipinski definition) is 2. The first-order valence-corrected chi connectivity index (χ1v) is 8.51. The molecule has 0 radical (unpaired) electrons. The summed E-state index contributed by atoms with van der Waals surface area (Å²) in [5, 5.41) is 3.08. The number of carbonyl (C=O) groups excluding carboxylic acids is 1. The fourth-order valence-electron chi connectivity index (χ4n) is 2.80. The fraction of sp³-hybridized carbons (Fsp3) is 0.381. The second-order valence-electron chi connectivity index (χ2n) is 6.42. The summed E-state index contributed by atoms with van der Waals surface area (Å²) in [6.07, 6.45) is 0.139. The van der Waals surface area contributed by atoms with Gasteiger partial charge >= 0.3 is 0 Å². The summed E-state index contributed by atoms with van der Waals surface area (Å²) in [4.78, 5) is 12.6. The Labute approximate surface area is 145 Å². The lowest BCUT2D eigenvalue weighted by Gasteiger charge is -2.22. The largest absolute Gasteiger partial charge is 0.481 e. The Morgan fingerprint density at radius 1 is 1.04 bits per heavy atom. The van der Waals surface area contributed by atoms with Crippen molar-refractivity contribution in [2.45, 2.75) is 53.2 Å². The van der Waals surface area contributed by atoms with Gasteiger partial charge in [-0.15, -0.1) is 0 Å². The van der Waals surface area contributed by atoms with Crippen LogP contribution in [0.3, 0.4) is 0 Å². The van der Waals surface area contributed by atoms with E-state index in [0.717, 1.165) is 11.3 Å². The summed E-state index contributed by atoms with van der Waals surface area (Å²) >= 11 is 0. The smallest absolute Gasteiger partial charge is 0.261 e. The van der Waals surface area contributed by atoms with Crippen LogP contribution in [-0.2, 0) is 4.79 Å². The average molecular weight is 325 g/mol. The van der Waals surface area contributed by atoms with Gasteiger partial charge in [-0.05, 0) is 57.4 Å². The van der Waals surface area contributed by atoms with E-state index in [1.807, 2.05) is 45.0 Å². The van der Waals surface area contributed by atoms with E-state index >= 15 is 0 Å². The van der Waals surface area contributed by atoms with Crippen molar-refractivity contribution in [3.63, 3.8) is 0 Å². The van der Waals surface area contributed by atoms with Crippen LogP contribution in [0.25, 0.3) is 0 Å². The molecule has 24 heavy (non-hydrogen) atoms. The highest BCUT2D eigenvalue weighted by atomic mass is 16.5. The van der Waals surface area contributed by atoms with Crippen LogP contribution in [-0.4, -0.2) is 12.0 Å². The maximum absolute atomic E-state index is 12.6. The van der Waals surface area contributed by atoms with Crippen LogP contribution in [0.15, 0.2) is 42.5 Å². The van der Waals surface area contributed by atoms with Crippen molar-refractivity contribution in [2.75, 3.05) is 0 Å². The molecule has 0 aliphatic carbocycles. The van der Waals surface area contributed by atoms with Gasteiger partial charge in [0.25, 0.3) is 5.91 Å². The number of ether oxygens (including phenoxy) is 1. The number of carbonyl (C=O) groups is 1. The molecule has 3 nitrogen and oxygen atoms in total. The molecule has 0 bridgehead atoms. The first-order valence-electron chi connectivity index (χ1n) is 8.51. The summed E-state index contributed by atoms with van der Waals surface area (Å²) in [6.45, 7) is 10.1. The number of rotatable bonds is 6. The molecule has 1 N–H and O–H groups in total. The minimum Gasteiger partial charge on any atom is -0.481 e. The molecule has 0 unspecified atom stereocenters. The summed E-state index contributed by atoms with van der Waals surface area (Å²) in [5.74, 6) is 0.646. The number of nitrogens with one attached hydrogen (secondary N) is 1. The molecule has 0 heterocycles. The van der Waals surface area contributed by atoms with E-state index in [2.05, 4.69) is 37.4 Å². The predicted molar refractivity (Wildman–Crippen MR) is 98.4 cm³/mol. The van der Waals surface area contributed by atoms with Gasteiger partial charge in [0.05, 0.1) is 6.04 Å². The van der Waals surface area contributed by atoms with Crippen LogP contribution in [0.2, 0.25) is 0 Å². The number of hydrogen-bond donors (Lipinski definition) is 1. The average Bonchev–Trinajstić information content (AvgIpc) is 2.54. The van der Waals surface area contributed by atoms with Gasteiger partial charge in [0.1, 0.15) is 5.75 Å². The van der Waals surface area contributed by atoms with Crippen LogP contribution >= 0.6 is 0 Å². The lowest BCUT2D eigenvalue weighted by Crippen LogP contribution is -2.39. The molecule has 0 saturated heterocycles. The molecule has 2 aromatic rings. The Hall–Kier alpha value is -2.29. The molecule has 3 heteroatoms. The third-order valence-electron chi connectivity index (χ3n) is 4.21. The van der Waals surface area contributed by atoms with Gasteiger partial charge in [0.15, 0.2) is 6.10 Å². The molecular formula is C21H27NO2. The molecule has 0 aromatic heterocycles. The van der Waals surface area contributed by atoms with Gasteiger partial charge in [0, 0.05) is 0 Å². The predicted octanol–water partition coefficient (Wildman–Crippen LogP) is 4.65. The van der Waals surface area contributed by atoms with Crippen molar-refractivity contribution in [1.29, 1.82) is 0 Å². The first-order chi connectivity index (χ1) is 11.4. The van der Waals surface area contributed by atoms with Crippen LogP contribution in [0.4, 0.5) is 0 Å². The topological polar surface area (TPSA) is 38.3 Å². The maximum Gasteiger partial charge on any atom is 0.261 e. The lowest BCUT2D eigenvalue weighted by molar-refractivity contribution is -0.128. The highest BCUT2D eigenvalue weighted by Gasteiger charge is 2.21. The lowest BCUT2D eigenvalue weighted by atomic mass is 10.00. The molecule has 0 aliphatic rings. The number of amides is 1. The van der Waals surface area contributed by atoms with E-state index in [1.54, 1.807) is 0 Å². The third-order valence-corrected chi connectivity index (χ3v) is 4.21. The second-order valence-corrected chi connectivity index (χ2v) is 6.42. The van der Waals surface area contributed by atoms with Crippen molar-refractivity contribution < 1.29 is 9.53 Å². The van der Waals surface area contributed by atoms with Crippen LogP contribution in [0.1, 0.15) is 48.6 Å². The zero-order valence-electron chi connectivity index (χ0n) is 15.2. The summed E-state index contributed by atoms with van der Waals surface area (Å²) in [5.41, 5.74) is 4.72. The molecule has 1 amide bonds. The standard InChI is InChI=1S/C21H27NO2/c1-6-20(24-18-10-7-14(2)8-11-18)21(23)22-17(5)19-12-9-15(3)13-16(19)4/h7-13,17,20H,6H2,1-5H3,(H,22,23)/t17-,20+/m0/s1. The highest BCUT2D eigenvalue weighted by molar-refractivity contribution is 5.81. The summed E-state index contributed by atoms with van der Waals surface area (Å²) in [7, 11) is 0. The second kappa shape index (κ2) is 8.00. The molecule has 2 rings (SSSR count).